The smallest absolute Gasteiger partial charge is 0.254 e. The van der Waals surface area contributed by atoms with Crippen molar-refractivity contribution in [3.05, 3.63) is 72.4 Å². The van der Waals surface area contributed by atoms with Gasteiger partial charge in [0.05, 0.1) is 18.4 Å². The molecule has 0 unspecified atom stereocenters. The minimum Gasteiger partial charge on any atom is -0.467 e. The molecule has 0 bridgehead atoms. The van der Waals surface area contributed by atoms with Crippen molar-refractivity contribution >= 4 is 17.5 Å². The van der Waals surface area contributed by atoms with Gasteiger partial charge >= 0.3 is 0 Å². The largest absolute Gasteiger partial charge is 0.467 e. The van der Waals surface area contributed by atoms with Gasteiger partial charge in [-0.15, -0.1) is 0 Å². The lowest BCUT2D eigenvalue weighted by molar-refractivity contribution is 0.0947. The van der Waals surface area contributed by atoms with E-state index in [9.17, 15) is 4.79 Å². The second kappa shape index (κ2) is 7.41. The third kappa shape index (κ3) is 3.60. The van der Waals surface area contributed by atoms with Crippen LogP contribution in [0.15, 0.2) is 65.5 Å². The summed E-state index contributed by atoms with van der Waals surface area (Å²) in [6, 6.07) is 13.5. The normalized spacial score (nSPS) is 10.4. The predicted molar refractivity (Wildman–Crippen MR) is 91.0 cm³/mol. The van der Waals surface area contributed by atoms with Crippen molar-refractivity contribution in [3.63, 3.8) is 0 Å². The fraction of sp³-hybridized carbons (Fsp3) is 0.167. The van der Waals surface area contributed by atoms with Crippen LogP contribution in [-0.4, -0.2) is 22.4 Å². The first-order chi connectivity index (χ1) is 11.8. The molecule has 3 aromatic rings. The Kier molecular flexibility index (Phi) is 4.86. The Morgan fingerprint density at radius 1 is 1.12 bits per heavy atom. The molecule has 24 heavy (non-hydrogen) atoms. The number of anilines is 2. The maximum atomic E-state index is 12.1. The van der Waals surface area contributed by atoms with Crippen molar-refractivity contribution in [2.45, 2.75) is 13.5 Å². The first-order valence-corrected chi connectivity index (χ1v) is 7.73. The summed E-state index contributed by atoms with van der Waals surface area (Å²) in [5.74, 6) is 1.02. The van der Waals surface area contributed by atoms with Crippen LogP contribution in [-0.2, 0) is 6.54 Å². The lowest BCUT2D eigenvalue weighted by atomic mass is 10.3. The van der Waals surface area contributed by atoms with Crippen LogP contribution in [0.3, 0.4) is 0 Å². The van der Waals surface area contributed by atoms with Crippen LogP contribution in [0.25, 0.3) is 0 Å². The van der Waals surface area contributed by atoms with E-state index in [2.05, 4.69) is 15.3 Å². The quantitative estimate of drug-likeness (QED) is 0.755. The van der Waals surface area contributed by atoms with E-state index in [1.807, 2.05) is 42.2 Å². The van der Waals surface area contributed by atoms with Crippen LogP contribution in [0.5, 0.6) is 0 Å². The third-order valence-corrected chi connectivity index (χ3v) is 3.53. The van der Waals surface area contributed by atoms with Gasteiger partial charge < -0.3 is 14.6 Å². The molecule has 2 aromatic heterocycles. The van der Waals surface area contributed by atoms with Crippen LogP contribution in [0, 0.1) is 0 Å². The molecule has 0 aliphatic heterocycles. The molecule has 6 nitrogen and oxygen atoms in total. The van der Waals surface area contributed by atoms with Crippen LogP contribution in [0.2, 0.25) is 0 Å². The number of hydrogen-bond acceptors (Lipinski definition) is 5. The Labute approximate surface area is 140 Å². The maximum absolute atomic E-state index is 12.1. The van der Waals surface area contributed by atoms with Gasteiger partial charge in [0, 0.05) is 24.6 Å². The molecule has 1 aromatic carbocycles. The Bertz CT molecular complexity index is 771. The average Bonchev–Trinajstić information content (AvgIpc) is 3.15. The molecule has 122 valence electrons. The van der Waals surface area contributed by atoms with Gasteiger partial charge in [0.1, 0.15) is 5.76 Å². The number of benzene rings is 1. The van der Waals surface area contributed by atoms with Crippen LogP contribution in [0.1, 0.15) is 23.0 Å². The van der Waals surface area contributed by atoms with E-state index in [1.54, 1.807) is 18.4 Å². The third-order valence-electron chi connectivity index (χ3n) is 3.53. The van der Waals surface area contributed by atoms with Crippen molar-refractivity contribution < 1.29 is 9.21 Å². The molecule has 0 aliphatic rings. The molecule has 0 atom stereocenters. The van der Waals surface area contributed by atoms with Gasteiger partial charge in [0.25, 0.3) is 5.91 Å². The lowest BCUT2D eigenvalue weighted by Gasteiger charge is -2.20. The number of furan rings is 1. The number of carbonyl (C=O) groups excluding carboxylic acids is 1. The van der Waals surface area contributed by atoms with Gasteiger partial charge in [-0.2, -0.15) is 0 Å². The summed E-state index contributed by atoms with van der Waals surface area (Å²) in [5.41, 5.74) is 1.42. The second-order valence-electron chi connectivity index (χ2n) is 5.11. The fourth-order valence-electron chi connectivity index (χ4n) is 2.31. The maximum Gasteiger partial charge on any atom is 0.254 e. The predicted octanol–water partition coefficient (Wildman–Crippen LogP) is 3.16. The summed E-state index contributed by atoms with van der Waals surface area (Å²) in [7, 11) is 0. The van der Waals surface area contributed by atoms with Crippen LogP contribution in [0.4, 0.5) is 11.6 Å². The number of carbonyl (C=O) groups is 1. The summed E-state index contributed by atoms with van der Waals surface area (Å²) in [4.78, 5) is 22.7. The van der Waals surface area contributed by atoms with Gasteiger partial charge in [0.2, 0.25) is 5.95 Å². The Hall–Kier alpha value is -3.15. The molecule has 0 radical (unpaired) electrons. The number of nitrogens with zero attached hydrogens (tertiary/aromatic N) is 3. The molecule has 0 fully saturated rings. The Morgan fingerprint density at radius 2 is 1.88 bits per heavy atom. The number of nitrogens with one attached hydrogen (secondary N) is 1. The standard InChI is InChI=1S/C18H18N4O2/c1-2-22(15-7-4-3-5-8-15)18-20-11-14(12-21-18)17(23)19-13-16-9-6-10-24-16/h3-12H,2,13H2,1H3,(H,19,23). The highest BCUT2D eigenvalue weighted by Crippen LogP contribution is 2.20. The van der Waals surface area contributed by atoms with Gasteiger partial charge in [-0.05, 0) is 31.2 Å². The molecule has 1 amide bonds. The van der Waals surface area contributed by atoms with E-state index in [0.717, 1.165) is 12.2 Å². The fourth-order valence-corrected chi connectivity index (χ4v) is 2.31. The molecule has 6 heteroatoms. The number of hydrogen-bond donors (Lipinski definition) is 1. The van der Waals surface area contributed by atoms with Gasteiger partial charge in [0.15, 0.2) is 0 Å². The minimum absolute atomic E-state index is 0.235. The summed E-state index contributed by atoms with van der Waals surface area (Å²) in [6.07, 6.45) is 4.64. The molecule has 1 N–H and O–H groups in total. The van der Waals surface area contributed by atoms with Crippen molar-refractivity contribution in [2.24, 2.45) is 0 Å². The zero-order valence-corrected chi connectivity index (χ0v) is 13.3. The first kappa shape index (κ1) is 15.7. The van der Waals surface area contributed by atoms with Crippen molar-refractivity contribution in [2.75, 3.05) is 11.4 Å². The molecule has 2 heterocycles. The van der Waals surface area contributed by atoms with Gasteiger partial charge in [-0.25, -0.2) is 9.97 Å². The van der Waals surface area contributed by atoms with Crippen LogP contribution < -0.4 is 10.2 Å². The van der Waals surface area contributed by atoms with Crippen LogP contribution >= 0.6 is 0 Å². The van der Waals surface area contributed by atoms with E-state index in [-0.39, 0.29) is 5.91 Å². The summed E-state index contributed by atoms with van der Waals surface area (Å²) < 4.78 is 5.18. The summed E-state index contributed by atoms with van der Waals surface area (Å²) >= 11 is 0. The highest BCUT2D eigenvalue weighted by molar-refractivity contribution is 5.93. The monoisotopic (exact) mass is 322 g/mol. The molecule has 0 saturated carbocycles. The average molecular weight is 322 g/mol. The number of para-hydroxylation sites is 1. The Morgan fingerprint density at radius 3 is 2.50 bits per heavy atom. The van der Waals surface area contributed by atoms with E-state index >= 15 is 0 Å². The van der Waals surface area contributed by atoms with E-state index in [4.69, 9.17) is 4.42 Å². The molecular weight excluding hydrogens is 304 g/mol. The highest BCUT2D eigenvalue weighted by atomic mass is 16.3. The number of rotatable bonds is 6. The summed E-state index contributed by atoms with van der Waals surface area (Å²) in [6.45, 7) is 3.09. The van der Waals surface area contributed by atoms with Crippen molar-refractivity contribution in [3.8, 4) is 0 Å². The minimum atomic E-state index is -0.235. The van der Waals surface area contributed by atoms with E-state index in [1.165, 1.54) is 12.4 Å². The van der Waals surface area contributed by atoms with Crippen molar-refractivity contribution in [1.29, 1.82) is 0 Å². The highest BCUT2D eigenvalue weighted by Gasteiger charge is 2.12. The van der Waals surface area contributed by atoms with E-state index < -0.39 is 0 Å². The van der Waals surface area contributed by atoms with Gasteiger partial charge in [-0.3, -0.25) is 4.79 Å². The number of aromatic nitrogens is 2. The molecule has 3 rings (SSSR count). The molecule has 0 spiro atoms. The van der Waals surface area contributed by atoms with Gasteiger partial charge in [-0.1, -0.05) is 18.2 Å². The topological polar surface area (TPSA) is 71.3 Å². The molecular formula is C18H18N4O2. The Balaban J connectivity index is 1.69. The lowest BCUT2D eigenvalue weighted by Crippen LogP contribution is -2.24. The number of amides is 1. The SMILES string of the molecule is CCN(c1ccccc1)c1ncc(C(=O)NCc2ccco2)cn1. The van der Waals surface area contributed by atoms with E-state index in [0.29, 0.717) is 23.8 Å². The first-order valence-electron chi connectivity index (χ1n) is 7.73. The second-order valence-corrected chi connectivity index (χ2v) is 5.11. The zero-order chi connectivity index (χ0) is 16.8. The van der Waals surface area contributed by atoms with Crippen molar-refractivity contribution in [1.82, 2.24) is 15.3 Å². The molecule has 0 saturated heterocycles. The zero-order valence-electron chi connectivity index (χ0n) is 13.3. The summed E-state index contributed by atoms with van der Waals surface area (Å²) in [5, 5.41) is 2.77. The molecule has 0 aliphatic carbocycles.